The Hall–Kier alpha value is -2.67. The Bertz CT molecular complexity index is 987. The van der Waals surface area contributed by atoms with Crippen LogP contribution in [-0.2, 0) is 6.42 Å². The van der Waals surface area contributed by atoms with Crippen LogP contribution in [0.4, 0.5) is 5.69 Å². The predicted octanol–water partition coefficient (Wildman–Crippen LogP) is 4.82. The molecule has 0 aliphatic rings. The molecule has 3 rings (SSSR count). The van der Waals surface area contributed by atoms with E-state index < -0.39 is 0 Å². The molecule has 0 saturated carbocycles. The largest absolute Gasteiger partial charge is 0.352 e. The zero-order valence-corrected chi connectivity index (χ0v) is 17.7. The number of aryl methyl sites for hydroxylation is 1. The van der Waals surface area contributed by atoms with Gasteiger partial charge in [0.25, 0.3) is 11.8 Å². The standard InChI is InChI=1S/C23H21IN2O2/c1-16-11-12-18(20(24)15-16)23(28)26-21-10-6-5-9-19(21)22(27)25-14-13-17-7-3-2-4-8-17/h2-12,15H,13-14H2,1H3,(H,25,27)(H,26,28). The molecule has 28 heavy (non-hydrogen) atoms. The van der Waals surface area contributed by atoms with Gasteiger partial charge in [0.05, 0.1) is 16.8 Å². The van der Waals surface area contributed by atoms with Gasteiger partial charge in [-0.3, -0.25) is 9.59 Å². The first-order valence-corrected chi connectivity index (χ1v) is 10.1. The molecule has 2 amide bonds. The minimum absolute atomic E-state index is 0.203. The molecule has 0 aliphatic heterocycles. The highest BCUT2D eigenvalue weighted by molar-refractivity contribution is 14.1. The zero-order valence-electron chi connectivity index (χ0n) is 15.5. The van der Waals surface area contributed by atoms with Gasteiger partial charge in [-0.05, 0) is 65.8 Å². The molecule has 0 aromatic heterocycles. The lowest BCUT2D eigenvalue weighted by molar-refractivity contribution is 0.0955. The molecule has 0 fully saturated rings. The molecule has 3 aromatic carbocycles. The lowest BCUT2D eigenvalue weighted by atomic mass is 10.1. The number of para-hydroxylation sites is 1. The molecule has 0 aliphatic carbocycles. The Morgan fingerprint density at radius 1 is 0.857 bits per heavy atom. The Morgan fingerprint density at radius 3 is 2.32 bits per heavy atom. The van der Waals surface area contributed by atoms with Crippen LogP contribution in [0.1, 0.15) is 31.8 Å². The molecule has 0 radical (unpaired) electrons. The number of rotatable bonds is 6. The van der Waals surface area contributed by atoms with Crippen molar-refractivity contribution in [3.05, 3.63) is 98.6 Å². The minimum atomic E-state index is -0.228. The van der Waals surface area contributed by atoms with Gasteiger partial charge in [-0.15, -0.1) is 0 Å². The maximum atomic E-state index is 12.7. The average molecular weight is 484 g/mol. The van der Waals surface area contributed by atoms with E-state index in [0.717, 1.165) is 15.6 Å². The van der Waals surface area contributed by atoms with Gasteiger partial charge in [0.15, 0.2) is 0 Å². The summed E-state index contributed by atoms with van der Waals surface area (Å²) in [5, 5.41) is 5.80. The van der Waals surface area contributed by atoms with Gasteiger partial charge in [0, 0.05) is 10.1 Å². The van der Waals surface area contributed by atoms with Gasteiger partial charge in [0.1, 0.15) is 0 Å². The number of amides is 2. The van der Waals surface area contributed by atoms with Crippen molar-refractivity contribution in [2.75, 3.05) is 11.9 Å². The van der Waals surface area contributed by atoms with Crippen LogP contribution >= 0.6 is 22.6 Å². The van der Waals surface area contributed by atoms with E-state index in [-0.39, 0.29) is 11.8 Å². The highest BCUT2D eigenvalue weighted by Crippen LogP contribution is 2.19. The number of carbonyl (C=O) groups is 2. The van der Waals surface area contributed by atoms with Gasteiger partial charge >= 0.3 is 0 Å². The van der Waals surface area contributed by atoms with E-state index in [0.29, 0.717) is 23.4 Å². The van der Waals surface area contributed by atoms with E-state index in [1.54, 1.807) is 30.3 Å². The smallest absolute Gasteiger partial charge is 0.256 e. The summed E-state index contributed by atoms with van der Waals surface area (Å²) < 4.78 is 0.875. The molecule has 0 heterocycles. The second kappa shape index (κ2) is 9.50. The quantitative estimate of drug-likeness (QED) is 0.493. The van der Waals surface area contributed by atoms with Crippen LogP contribution in [0.25, 0.3) is 0 Å². The summed E-state index contributed by atoms with van der Waals surface area (Å²) in [5.74, 6) is -0.431. The number of halogens is 1. The summed E-state index contributed by atoms with van der Waals surface area (Å²) in [4.78, 5) is 25.3. The third kappa shape index (κ3) is 5.19. The highest BCUT2D eigenvalue weighted by atomic mass is 127. The monoisotopic (exact) mass is 484 g/mol. The first-order chi connectivity index (χ1) is 13.5. The number of benzene rings is 3. The molecule has 0 spiro atoms. The van der Waals surface area contributed by atoms with Crippen LogP contribution in [-0.4, -0.2) is 18.4 Å². The number of hydrogen-bond donors (Lipinski definition) is 2. The van der Waals surface area contributed by atoms with Gasteiger partial charge in [0.2, 0.25) is 0 Å². The molecule has 3 aromatic rings. The lowest BCUT2D eigenvalue weighted by Gasteiger charge is -2.12. The average Bonchev–Trinajstić information content (AvgIpc) is 2.69. The molecular weight excluding hydrogens is 463 g/mol. The maximum Gasteiger partial charge on any atom is 0.256 e. The van der Waals surface area contributed by atoms with Crippen molar-refractivity contribution in [1.82, 2.24) is 5.32 Å². The second-order valence-corrected chi connectivity index (χ2v) is 7.64. The van der Waals surface area contributed by atoms with Crippen molar-refractivity contribution < 1.29 is 9.59 Å². The number of carbonyl (C=O) groups excluding carboxylic acids is 2. The van der Waals surface area contributed by atoms with E-state index in [1.807, 2.05) is 49.4 Å². The summed E-state index contributed by atoms with van der Waals surface area (Å²) in [5.41, 5.74) is 3.80. The fourth-order valence-corrected chi connectivity index (χ4v) is 3.76. The normalized spacial score (nSPS) is 10.4. The van der Waals surface area contributed by atoms with E-state index in [2.05, 4.69) is 33.2 Å². The summed E-state index contributed by atoms with van der Waals surface area (Å²) in [7, 11) is 0. The molecule has 4 nitrogen and oxygen atoms in total. The molecule has 0 atom stereocenters. The summed E-state index contributed by atoms with van der Waals surface area (Å²) >= 11 is 2.15. The van der Waals surface area contributed by atoms with Crippen molar-refractivity contribution in [1.29, 1.82) is 0 Å². The fraction of sp³-hybridized carbons (Fsp3) is 0.130. The van der Waals surface area contributed by atoms with E-state index in [9.17, 15) is 9.59 Å². The topological polar surface area (TPSA) is 58.2 Å². The molecular formula is C23H21IN2O2. The molecule has 0 bridgehead atoms. The molecule has 5 heteroatoms. The first kappa shape index (κ1) is 20.1. The minimum Gasteiger partial charge on any atom is -0.352 e. The van der Waals surface area contributed by atoms with Crippen molar-refractivity contribution in [2.45, 2.75) is 13.3 Å². The Labute approximate surface area is 178 Å². The molecule has 142 valence electrons. The maximum absolute atomic E-state index is 12.7. The van der Waals surface area contributed by atoms with Crippen molar-refractivity contribution in [2.24, 2.45) is 0 Å². The Balaban J connectivity index is 1.68. The van der Waals surface area contributed by atoms with Crippen LogP contribution in [0, 0.1) is 10.5 Å². The third-order valence-electron chi connectivity index (χ3n) is 4.33. The summed E-state index contributed by atoms with van der Waals surface area (Å²) in [6.45, 7) is 2.51. The van der Waals surface area contributed by atoms with Gasteiger partial charge < -0.3 is 10.6 Å². The highest BCUT2D eigenvalue weighted by Gasteiger charge is 2.15. The zero-order chi connectivity index (χ0) is 19.9. The van der Waals surface area contributed by atoms with Crippen LogP contribution in [0.3, 0.4) is 0 Å². The van der Waals surface area contributed by atoms with Crippen LogP contribution in [0.5, 0.6) is 0 Å². The van der Waals surface area contributed by atoms with Crippen LogP contribution in [0.2, 0.25) is 0 Å². The third-order valence-corrected chi connectivity index (χ3v) is 5.22. The lowest BCUT2D eigenvalue weighted by Crippen LogP contribution is -2.27. The molecule has 2 N–H and O–H groups in total. The van der Waals surface area contributed by atoms with Crippen molar-refractivity contribution in [3.8, 4) is 0 Å². The number of nitrogens with one attached hydrogen (secondary N) is 2. The molecule has 0 saturated heterocycles. The number of anilines is 1. The molecule has 0 unspecified atom stereocenters. The van der Waals surface area contributed by atoms with E-state index >= 15 is 0 Å². The summed E-state index contributed by atoms with van der Waals surface area (Å²) in [6.07, 6.45) is 0.753. The summed E-state index contributed by atoms with van der Waals surface area (Å²) in [6, 6.07) is 22.7. The van der Waals surface area contributed by atoms with Gasteiger partial charge in [-0.2, -0.15) is 0 Å². The first-order valence-electron chi connectivity index (χ1n) is 9.03. The van der Waals surface area contributed by atoms with Gasteiger partial charge in [-0.25, -0.2) is 0 Å². The van der Waals surface area contributed by atoms with Crippen LogP contribution < -0.4 is 10.6 Å². The Morgan fingerprint density at radius 2 is 1.57 bits per heavy atom. The van der Waals surface area contributed by atoms with E-state index in [4.69, 9.17) is 0 Å². The SMILES string of the molecule is Cc1ccc(C(=O)Nc2ccccc2C(=O)NCCc2ccccc2)c(I)c1. The van der Waals surface area contributed by atoms with Crippen LogP contribution in [0.15, 0.2) is 72.8 Å². The second-order valence-electron chi connectivity index (χ2n) is 6.47. The van der Waals surface area contributed by atoms with Crippen molar-refractivity contribution in [3.63, 3.8) is 0 Å². The van der Waals surface area contributed by atoms with E-state index in [1.165, 1.54) is 5.56 Å². The predicted molar refractivity (Wildman–Crippen MR) is 121 cm³/mol. The number of hydrogen-bond acceptors (Lipinski definition) is 2. The van der Waals surface area contributed by atoms with Crippen molar-refractivity contribution >= 4 is 40.1 Å². The Kier molecular flexibility index (Phi) is 6.81. The van der Waals surface area contributed by atoms with Gasteiger partial charge in [-0.1, -0.05) is 54.1 Å². The fourth-order valence-electron chi connectivity index (χ4n) is 2.84.